The molecule has 0 aliphatic heterocycles. The monoisotopic (exact) mass is 288 g/mol. The van der Waals surface area contributed by atoms with Gasteiger partial charge < -0.3 is 5.11 Å². The van der Waals surface area contributed by atoms with Gasteiger partial charge in [-0.15, -0.1) is 0 Å². The van der Waals surface area contributed by atoms with Crippen molar-refractivity contribution < 1.29 is 9.90 Å². The smallest absolute Gasteiger partial charge is 0.155 e. The van der Waals surface area contributed by atoms with E-state index in [1.54, 1.807) is 0 Å². The van der Waals surface area contributed by atoms with E-state index in [-0.39, 0.29) is 11.5 Å². The molecule has 6 atom stereocenters. The number of aliphatic hydroxyl groups excluding tert-OH is 1. The molecule has 2 heteroatoms. The van der Waals surface area contributed by atoms with Crippen LogP contribution >= 0.6 is 0 Å². The van der Waals surface area contributed by atoms with Crippen molar-refractivity contribution in [1.29, 1.82) is 0 Å². The van der Waals surface area contributed by atoms with Crippen LogP contribution in [0.5, 0.6) is 0 Å². The number of aliphatic hydroxyl groups is 1. The predicted molar refractivity (Wildman–Crippen MR) is 82.7 cm³/mol. The fourth-order valence-corrected chi connectivity index (χ4v) is 6.64. The Kier molecular flexibility index (Phi) is 3.29. The molecule has 0 aromatic heterocycles. The van der Waals surface area contributed by atoms with Gasteiger partial charge in [-0.3, -0.25) is 4.79 Å². The Morgan fingerprint density at radius 3 is 2.81 bits per heavy atom. The molecule has 0 spiro atoms. The minimum atomic E-state index is -0.0571. The van der Waals surface area contributed by atoms with Crippen LogP contribution < -0.4 is 0 Å². The van der Waals surface area contributed by atoms with Crippen LogP contribution in [0.25, 0.3) is 0 Å². The Morgan fingerprint density at radius 2 is 2.00 bits per heavy atom. The minimum Gasteiger partial charge on any atom is -0.393 e. The highest BCUT2D eigenvalue weighted by molar-refractivity contribution is 5.91. The highest BCUT2D eigenvalue weighted by Crippen LogP contribution is 2.62. The number of ketones is 1. The number of carbonyl (C=O) groups excluding carboxylic acids is 1. The van der Waals surface area contributed by atoms with Gasteiger partial charge in [-0.1, -0.05) is 12.5 Å². The normalized spacial score (nSPS) is 49.1. The molecule has 3 fully saturated rings. The fourth-order valence-electron chi connectivity index (χ4n) is 6.64. The van der Waals surface area contributed by atoms with Crippen molar-refractivity contribution in [3.8, 4) is 0 Å². The number of allylic oxidation sites excluding steroid dienone is 1. The molecule has 4 aliphatic rings. The highest BCUT2D eigenvalue weighted by atomic mass is 16.3. The zero-order valence-electron chi connectivity index (χ0n) is 13.2. The van der Waals surface area contributed by atoms with Gasteiger partial charge >= 0.3 is 0 Å². The second-order valence-corrected chi connectivity index (χ2v) is 8.02. The molecule has 3 saturated carbocycles. The van der Waals surface area contributed by atoms with Gasteiger partial charge in [0.15, 0.2) is 5.78 Å². The van der Waals surface area contributed by atoms with Crippen LogP contribution in [0, 0.1) is 29.1 Å². The van der Waals surface area contributed by atoms with Crippen molar-refractivity contribution in [1.82, 2.24) is 0 Å². The van der Waals surface area contributed by atoms with Crippen molar-refractivity contribution in [3.63, 3.8) is 0 Å². The van der Waals surface area contributed by atoms with E-state index >= 15 is 0 Å². The zero-order chi connectivity index (χ0) is 14.6. The quantitative estimate of drug-likeness (QED) is 0.795. The van der Waals surface area contributed by atoms with Gasteiger partial charge in [0, 0.05) is 6.42 Å². The molecule has 1 N–H and O–H groups in total. The summed E-state index contributed by atoms with van der Waals surface area (Å²) in [5.41, 5.74) is 1.70. The lowest BCUT2D eigenvalue weighted by Gasteiger charge is -2.54. The third-order valence-corrected chi connectivity index (χ3v) is 7.63. The molecular weight excluding hydrogens is 260 g/mol. The highest BCUT2D eigenvalue weighted by Gasteiger charge is 2.57. The Morgan fingerprint density at radius 1 is 1.14 bits per heavy atom. The van der Waals surface area contributed by atoms with Gasteiger partial charge in [0.05, 0.1) is 6.10 Å². The van der Waals surface area contributed by atoms with Gasteiger partial charge in [0.25, 0.3) is 0 Å². The van der Waals surface area contributed by atoms with Crippen LogP contribution in [0.15, 0.2) is 11.6 Å². The van der Waals surface area contributed by atoms with Crippen LogP contribution in [0.3, 0.4) is 0 Å². The fraction of sp³-hybridized carbons (Fsp3) is 0.842. The second kappa shape index (κ2) is 4.94. The maximum absolute atomic E-state index is 11.7. The molecule has 2 nitrogen and oxygen atoms in total. The summed E-state index contributed by atoms with van der Waals surface area (Å²) < 4.78 is 0. The number of carbonyl (C=O) groups is 1. The average molecular weight is 288 g/mol. The van der Waals surface area contributed by atoms with Crippen LogP contribution in [-0.2, 0) is 4.79 Å². The van der Waals surface area contributed by atoms with Crippen LogP contribution in [0.1, 0.15) is 64.7 Å². The summed E-state index contributed by atoms with van der Waals surface area (Å²) in [4.78, 5) is 11.7. The molecule has 0 amide bonds. The van der Waals surface area contributed by atoms with E-state index in [9.17, 15) is 9.90 Å². The molecule has 0 bridgehead atoms. The lowest BCUT2D eigenvalue weighted by Crippen LogP contribution is -2.48. The van der Waals surface area contributed by atoms with Crippen LogP contribution in [0.2, 0.25) is 0 Å². The van der Waals surface area contributed by atoms with Crippen molar-refractivity contribution >= 4 is 5.78 Å². The van der Waals surface area contributed by atoms with Gasteiger partial charge in [-0.25, -0.2) is 0 Å². The molecular formula is C19H28O2. The Bertz CT molecular complexity index is 480. The van der Waals surface area contributed by atoms with Crippen molar-refractivity contribution in [2.45, 2.75) is 70.8 Å². The summed E-state index contributed by atoms with van der Waals surface area (Å²) in [5.74, 6) is 3.40. The number of rotatable bonds is 1. The molecule has 2 unspecified atom stereocenters. The Hall–Kier alpha value is -0.630. The number of fused-ring (bicyclic) bond motifs is 5. The number of hydrogen-bond donors (Lipinski definition) is 1. The molecule has 0 aromatic rings. The average Bonchev–Trinajstić information content (AvgIpc) is 2.84. The molecule has 0 saturated heterocycles. The Labute approximate surface area is 128 Å². The molecule has 0 heterocycles. The molecule has 0 aromatic carbocycles. The number of hydrogen-bond acceptors (Lipinski definition) is 2. The SMILES string of the molecule is CCC12CC[C@H]3[C@@H](CCC4=CC(=O)CC[C@@H]43)[C@@H]1CCC2O. The first-order chi connectivity index (χ1) is 10.2. The van der Waals surface area contributed by atoms with Gasteiger partial charge in [-0.2, -0.15) is 0 Å². The third kappa shape index (κ3) is 1.91. The lowest BCUT2D eigenvalue weighted by molar-refractivity contribution is -0.116. The molecule has 4 aliphatic carbocycles. The first-order valence-electron chi connectivity index (χ1n) is 9.07. The summed E-state index contributed by atoms with van der Waals surface area (Å²) in [6, 6.07) is 0. The summed E-state index contributed by atoms with van der Waals surface area (Å²) >= 11 is 0. The van der Waals surface area contributed by atoms with E-state index in [2.05, 4.69) is 6.92 Å². The van der Waals surface area contributed by atoms with E-state index in [4.69, 9.17) is 0 Å². The van der Waals surface area contributed by atoms with Crippen LogP contribution in [-0.4, -0.2) is 17.0 Å². The second-order valence-electron chi connectivity index (χ2n) is 8.02. The summed E-state index contributed by atoms with van der Waals surface area (Å²) in [5, 5.41) is 10.6. The maximum atomic E-state index is 11.7. The van der Waals surface area contributed by atoms with E-state index < -0.39 is 0 Å². The lowest BCUT2D eigenvalue weighted by atomic mass is 9.51. The summed E-state index contributed by atoms with van der Waals surface area (Å²) in [6.07, 6.45) is 12.1. The third-order valence-electron chi connectivity index (χ3n) is 7.63. The van der Waals surface area contributed by atoms with E-state index in [0.717, 1.165) is 49.9 Å². The van der Waals surface area contributed by atoms with E-state index in [0.29, 0.717) is 11.7 Å². The standard InChI is InChI=1S/C19H28O2/c1-2-19-10-9-15-14-6-4-13(20)11-12(14)3-5-16(15)17(19)7-8-18(19)21/h11,14-18,21H,2-10H2,1H3/t14-,15+,16+,17-,18?,19?/m0/s1. The first kappa shape index (κ1) is 14.0. The Balaban J connectivity index is 1.64. The van der Waals surface area contributed by atoms with Gasteiger partial charge in [0.2, 0.25) is 0 Å². The van der Waals surface area contributed by atoms with Gasteiger partial charge in [-0.05, 0) is 86.5 Å². The van der Waals surface area contributed by atoms with Crippen molar-refractivity contribution in [3.05, 3.63) is 11.6 Å². The largest absolute Gasteiger partial charge is 0.393 e. The summed E-state index contributed by atoms with van der Waals surface area (Å²) in [7, 11) is 0. The van der Waals surface area contributed by atoms with E-state index in [1.807, 2.05) is 6.08 Å². The topological polar surface area (TPSA) is 37.3 Å². The summed E-state index contributed by atoms with van der Waals surface area (Å²) in [6.45, 7) is 2.29. The van der Waals surface area contributed by atoms with E-state index in [1.165, 1.54) is 31.3 Å². The van der Waals surface area contributed by atoms with Crippen molar-refractivity contribution in [2.75, 3.05) is 0 Å². The molecule has 116 valence electrons. The molecule has 4 rings (SSSR count). The minimum absolute atomic E-state index is 0.0571. The predicted octanol–water partition coefficient (Wildman–Crippen LogP) is 3.88. The zero-order valence-corrected chi connectivity index (χ0v) is 13.2. The molecule has 0 radical (unpaired) electrons. The molecule has 21 heavy (non-hydrogen) atoms. The van der Waals surface area contributed by atoms with Crippen molar-refractivity contribution in [2.24, 2.45) is 29.1 Å². The first-order valence-corrected chi connectivity index (χ1v) is 9.07. The maximum Gasteiger partial charge on any atom is 0.155 e. The van der Waals surface area contributed by atoms with Crippen LogP contribution in [0.4, 0.5) is 0 Å². The van der Waals surface area contributed by atoms with Gasteiger partial charge in [0.1, 0.15) is 0 Å².